The molecule has 0 radical (unpaired) electrons. The second-order valence-electron chi connectivity index (χ2n) is 4.11. The van der Waals surface area contributed by atoms with Gasteiger partial charge in [0.15, 0.2) is 5.69 Å². The normalized spacial score (nSPS) is 10.3. The Hall–Kier alpha value is -2.50. The number of hydrogen-bond acceptors (Lipinski definition) is 4. The van der Waals surface area contributed by atoms with Crippen LogP contribution >= 0.6 is 0 Å². The Morgan fingerprint density at radius 3 is 2.80 bits per heavy atom. The number of benzene rings is 1. The molecule has 6 heteroatoms. The third kappa shape index (κ3) is 2.90. The summed E-state index contributed by atoms with van der Waals surface area (Å²) in [5.41, 5.74) is 0.706. The Morgan fingerprint density at radius 2 is 2.15 bits per heavy atom. The lowest BCUT2D eigenvalue weighted by Gasteiger charge is -2.08. The van der Waals surface area contributed by atoms with Crippen molar-refractivity contribution in [3.05, 3.63) is 41.7 Å². The first-order valence-electron chi connectivity index (χ1n) is 6.20. The zero-order valence-electron chi connectivity index (χ0n) is 11.4. The molecule has 0 amide bonds. The zero-order chi connectivity index (χ0) is 14.5. The number of carboxylic acids is 1. The van der Waals surface area contributed by atoms with Crippen LogP contribution in [0.3, 0.4) is 0 Å². The number of carboxylic acid groups (broad SMARTS) is 1. The topological polar surface area (TPSA) is 73.6 Å². The molecule has 1 aromatic carbocycles. The van der Waals surface area contributed by atoms with Crippen LogP contribution in [0.1, 0.15) is 23.0 Å². The maximum Gasteiger partial charge on any atom is 0.354 e. The molecule has 0 fully saturated rings. The Morgan fingerprint density at radius 1 is 1.40 bits per heavy atom. The molecule has 106 valence electrons. The number of carbonyl (C=O) groups is 1. The summed E-state index contributed by atoms with van der Waals surface area (Å²) >= 11 is 0. The maximum atomic E-state index is 11.2. The highest BCUT2D eigenvalue weighted by molar-refractivity contribution is 5.87. The van der Waals surface area contributed by atoms with Crippen molar-refractivity contribution in [1.82, 2.24) is 9.78 Å². The summed E-state index contributed by atoms with van der Waals surface area (Å²) in [7, 11) is 1.58. The number of methoxy groups -OCH3 is 1. The Kier molecular flexibility index (Phi) is 4.24. The Labute approximate surface area is 116 Å². The van der Waals surface area contributed by atoms with Gasteiger partial charge in [-0.05, 0) is 19.1 Å². The van der Waals surface area contributed by atoms with Crippen LogP contribution in [0.5, 0.6) is 11.5 Å². The number of nitrogens with zero attached hydrogens (tertiary/aromatic N) is 2. The summed E-state index contributed by atoms with van der Waals surface area (Å²) in [6.07, 6.45) is 1.52. The lowest BCUT2D eigenvalue weighted by molar-refractivity contribution is 0.0680. The third-order valence-corrected chi connectivity index (χ3v) is 2.85. The molecule has 0 bridgehead atoms. The van der Waals surface area contributed by atoms with E-state index in [1.54, 1.807) is 19.2 Å². The minimum atomic E-state index is -1.01. The second kappa shape index (κ2) is 6.10. The highest BCUT2D eigenvalue weighted by atomic mass is 16.5. The van der Waals surface area contributed by atoms with Gasteiger partial charge >= 0.3 is 5.97 Å². The van der Waals surface area contributed by atoms with Crippen molar-refractivity contribution in [2.45, 2.75) is 20.1 Å². The third-order valence-electron chi connectivity index (χ3n) is 2.85. The van der Waals surface area contributed by atoms with E-state index in [9.17, 15) is 9.90 Å². The van der Waals surface area contributed by atoms with Gasteiger partial charge in [0.1, 0.15) is 18.1 Å². The monoisotopic (exact) mass is 276 g/mol. The SMILES string of the molecule is CCn1ncc(COc2cccc(OC)c2)c1C(=O)O. The van der Waals surface area contributed by atoms with Crippen molar-refractivity contribution < 1.29 is 19.4 Å². The predicted octanol–water partition coefficient (Wildman–Crippen LogP) is 2.19. The van der Waals surface area contributed by atoms with E-state index in [2.05, 4.69) is 5.10 Å². The molecule has 0 spiro atoms. The quantitative estimate of drug-likeness (QED) is 0.875. The largest absolute Gasteiger partial charge is 0.497 e. The highest BCUT2D eigenvalue weighted by Crippen LogP contribution is 2.20. The van der Waals surface area contributed by atoms with Crippen molar-refractivity contribution in [1.29, 1.82) is 0 Å². The van der Waals surface area contributed by atoms with Gasteiger partial charge in [-0.3, -0.25) is 4.68 Å². The Balaban J connectivity index is 2.14. The van der Waals surface area contributed by atoms with Gasteiger partial charge < -0.3 is 14.6 Å². The average Bonchev–Trinajstić information content (AvgIpc) is 2.88. The molecule has 0 aliphatic rings. The number of aromatic nitrogens is 2. The van der Waals surface area contributed by atoms with Gasteiger partial charge in [0.25, 0.3) is 0 Å². The Bertz CT molecular complexity index is 607. The fraction of sp³-hybridized carbons (Fsp3) is 0.286. The van der Waals surface area contributed by atoms with E-state index in [0.29, 0.717) is 23.6 Å². The molecule has 0 aliphatic carbocycles. The molecule has 1 heterocycles. The van der Waals surface area contributed by atoms with Crippen molar-refractivity contribution in [2.75, 3.05) is 7.11 Å². The molecule has 0 atom stereocenters. The lowest BCUT2D eigenvalue weighted by Crippen LogP contribution is -2.11. The molecule has 2 aromatic rings. The first-order valence-corrected chi connectivity index (χ1v) is 6.20. The molecule has 2 rings (SSSR count). The van der Waals surface area contributed by atoms with Crippen molar-refractivity contribution in [3.8, 4) is 11.5 Å². The number of aryl methyl sites for hydroxylation is 1. The van der Waals surface area contributed by atoms with E-state index >= 15 is 0 Å². The molecule has 20 heavy (non-hydrogen) atoms. The average molecular weight is 276 g/mol. The van der Waals surface area contributed by atoms with Gasteiger partial charge in [-0.2, -0.15) is 5.10 Å². The van der Waals surface area contributed by atoms with Gasteiger partial charge in [0.2, 0.25) is 0 Å². The number of rotatable bonds is 6. The minimum absolute atomic E-state index is 0.148. The van der Waals surface area contributed by atoms with Gasteiger partial charge in [0.05, 0.1) is 13.3 Å². The summed E-state index contributed by atoms with van der Waals surface area (Å²) in [4.78, 5) is 11.2. The van der Waals surface area contributed by atoms with Crippen LogP contribution in [-0.2, 0) is 13.2 Å². The van der Waals surface area contributed by atoms with E-state index in [-0.39, 0.29) is 12.3 Å². The van der Waals surface area contributed by atoms with Crippen LogP contribution in [0, 0.1) is 0 Å². The van der Waals surface area contributed by atoms with Gasteiger partial charge in [-0.25, -0.2) is 4.79 Å². The highest BCUT2D eigenvalue weighted by Gasteiger charge is 2.17. The maximum absolute atomic E-state index is 11.2. The molecule has 0 aliphatic heterocycles. The molecule has 1 N–H and O–H groups in total. The molecule has 0 saturated heterocycles. The van der Waals surface area contributed by atoms with E-state index < -0.39 is 5.97 Å². The number of hydrogen-bond donors (Lipinski definition) is 1. The molecular formula is C14H16N2O4. The standard InChI is InChI=1S/C14H16N2O4/c1-3-16-13(14(17)18)10(8-15-16)9-20-12-6-4-5-11(7-12)19-2/h4-8H,3,9H2,1-2H3,(H,17,18). The first-order chi connectivity index (χ1) is 9.65. The van der Waals surface area contributed by atoms with E-state index in [0.717, 1.165) is 0 Å². The summed E-state index contributed by atoms with van der Waals surface area (Å²) in [5.74, 6) is 0.295. The fourth-order valence-electron chi connectivity index (χ4n) is 1.87. The zero-order valence-corrected chi connectivity index (χ0v) is 11.4. The van der Waals surface area contributed by atoms with E-state index in [1.165, 1.54) is 10.9 Å². The number of aromatic carboxylic acids is 1. The van der Waals surface area contributed by atoms with Gasteiger partial charge in [-0.1, -0.05) is 6.07 Å². The van der Waals surface area contributed by atoms with E-state index in [4.69, 9.17) is 9.47 Å². The molecule has 0 saturated carbocycles. The van der Waals surface area contributed by atoms with Crippen molar-refractivity contribution in [2.24, 2.45) is 0 Å². The second-order valence-corrected chi connectivity index (χ2v) is 4.11. The molecule has 1 aromatic heterocycles. The fourth-order valence-corrected chi connectivity index (χ4v) is 1.87. The summed E-state index contributed by atoms with van der Waals surface area (Å²) in [5, 5.41) is 13.2. The molecule has 6 nitrogen and oxygen atoms in total. The predicted molar refractivity (Wildman–Crippen MR) is 72.2 cm³/mol. The summed E-state index contributed by atoms with van der Waals surface area (Å²) < 4.78 is 12.1. The van der Waals surface area contributed by atoms with Gasteiger partial charge in [-0.15, -0.1) is 0 Å². The van der Waals surface area contributed by atoms with Crippen molar-refractivity contribution in [3.63, 3.8) is 0 Å². The summed E-state index contributed by atoms with van der Waals surface area (Å²) in [6.45, 7) is 2.49. The van der Waals surface area contributed by atoms with Crippen LogP contribution < -0.4 is 9.47 Å². The molecular weight excluding hydrogens is 260 g/mol. The van der Waals surface area contributed by atoms with Crippen LogP contribution in [0.25, 0.3) is 0 Å². The van der Waals surface area contributed by atoms with Gasteiger partial charge in [0, 0.05) is 18.2 Å². The molecule has 0 unspecified atom stereocenters. The van der Waals surface area contributed by atoms with Crippen LogP contribution in [0.4, 0.5) is 0 Å². The number of ether oxygens (including phenoxy) is 2. The summed E-state index contributed by atoms with van der Waals surface area (Å²) in [6, 6.07) is 7.14. The van der Waals surface area contributed by atoms with Crippen LogP contribution in [0.15, 0.2) is 30.5 Å². The van der Waals surface area contributed by atoms with E-state index in [1.807, 2.05) is 19.1 Å². The first kappa shape index (κ1) is 13.9. The smallest absolute Gasteiger partial charge is 0.354 e. The van der Waals surface area contributed by atoms with Crippen LogP contribution in [0.2, 0.25) is 0 Å². The minimum Gasteiger partial charge on any atom is -0.497 e. The van der Waals surface area contributed by atoms with Crippen molar-refractivity contribution >= 4 is 5.97 Å². The van der Waals surface area contributed by atoms with Crippen LogP contribution in [-0.4, -0.2) is 28.0 Å². The lowest BCUT2D eigenvalue weighted by atomic mass is 10.2.